The van der Waals surface area contributed by atoms with Gasteiger partial charge < -0.3 is 9.30 Å². The minimum atomic E-state index is 0.835. The van der Waals surface area contributed by atoms with Crippen molar-refractivity contribution in [1.82, 2.24) is 4.57 Å². The van der Waals surface area contributed by atoms with E-state index in [0.29, 0.717) is 0 Å². The zero-order valence-electron chi connectivity index (χ0n) is 17.0. The lowest BCUT2D eigenvalue weighted by atomic mass is 10.0. The zero-order valence-corrected chi connectivity index (χ0v) is 17.0. The molecule has 1 aromatic rings. The van der Waals surface area contributed by atoms with Crippen LogP contribution in [0.4, 0.5) is 0 Å². The first-order valence-electron chi connectivity index (χ1n) is 11.1. The molecule has 0 amide bonds. The van der Waals surface area contributed by atoms with Gasteiger partial charge >= 0.3 is 0 Å². The highest BCUT2D eigenvalue weighted by Crippen LogP contribution is 2.24. The molecule has 0 saturated heterocycles. The van der Waals surface area contributed by atoms with Gasteiger partial charge in [0.2, 0.25) is 0 Å². The van der Waals surface area contributed by atoms with Gasteiger partial charge in [-0.15, -0.1) is 0 Å². The van der Waals surface area contributed by atoms with Crippen LogP contribution in [0.3, 0.4) is 0 Å². The second kappa shape index (κ2) is 12.6. The van der Waals surface area contributed by atoms with Crippen LogP contribution in [0, 0.1) is 0 Å². The fourth-order valence-corrected chi connectivity index (χ4v) is 4.09. The standard InChI is InChI=1S/C23H41NO/c1-3-5-7-9-11-13-15-21-19-22(16-14-12-10-8-6-4-2)24-17-18-25-20-23(21)24/h19H,3-18,20H2,1-2H3. The highest BCUT2D eigenvalue weighted by molar-refractivity contribution is 5.29. The fourth-order valence-electron chi connectivity index (χ4n) is 4.09. The van der Waals surface area contributed by atoms with Gasteiger partial charge in [0, 0.05) is 17.9 Å². The van der Waals surface area contributed by atoms with Crippen LogP contribution in [0.1, 0.15) is 108 Å². The van der Waals surface area contributed by atoms with Crippen molar-refractivity contribution in [2.75, 3.05) is 6.61 Å². The molecule has 1 aliphatic heterocycles. The van der Waals surface area contributed by atoms with E-state index in [1.807, 2.05) is 0 Å². The second-order valence-corrected chi connectivity index (χ2v) is 7.85. The quantitative estimate of drug-likeness (QED) is 0.337. The van der Waals surface area contributed by atoms with E-state index in [1.165, 1.54) is 95.6 Å². The second-order valence-electron chi connectivity index (χ2n) is 7.85. The van der Waals surface area contributed by atoms with Gasteiger partial charge in [-0.05, 0) is 37.3 Å². The molecule has 25 heavy (non-hydrogen) atoms. The molecule has 2 heterocycles. The maximum absolute atomic E-state index is 5.76. The summed E-state index contributed by atoms with van der Waals surface area (Å²) in [4.78, 5) is 0. The summed E-state index contributed by atoms with van der Waals surface area (Å²) in [6.45, 7) is 7.37. The van der Waals surface area contributed by atoms with E-state index in [1.54, 1.807) is 11.3 Å². The highest BCUT2D eigenvalue weighted by atomic mass is 16.5. The third kappa shape index (κ3) is 7.17. The maximum Gasteiger partial charge on any atom is 0.0871 e. The molecule has 0 fully saturated rings. The predicted octanol–water partition coefficient (Wildman–Crippen LogP) is 6.82. The fraction of sp³-hybridized carbons (Fsp3) is 0.826. The average molecular weight is 348 g/mol. The molecule has 0 saturated carbocycles. The Kier molecular flexibility index (Phi) is 10.3. The summed E-state index contributed by atoms with van der Waals surface area (Å²) in [6, 6.07) is 2.52. The number of nitrogens with zero attached hydrogens (tertiary/aromatic N) is 1. The summed E-state index contributed by atoms with van der Waals surface area (Å²) in [5.74, 6) is 0. The van der Waals surface area contributed by atoms with E-state index in [0.717, 1.165) is 19.8 Å². The molecule has 0 unspecified atom stereocenters. The largest absolute Gasteiger partial charge is 0.373 e. The minimum Gasteiger partial charge on any atom is -0.373 e. The molecule has 2 heteroatoms. The van der Waals surface area contributed by atoms with Crippen molar-refractivity contribution < 1.29 is 4.74 Å². The van der Waals surface area contributed by atoms with E-state index in [-0.39, 0.29) is 0 Å². The van der Waals surface area contributed by atoms with Gasteiger partial charge in [0.05, 0.1) is 13.2 Å². The Morgan fingerprint density at radius 2 is 1.40 bits per heavy atom. The third-order valence-electron chi connectivity index (χ3n) is 5.67. The molecular weight excluding hydrogens is 306 g/mol. The Bertz CT molecular complexity index is 422. The number of rotatable bonds is 14. The van der Waals surface area contributed by atoms with Gasteiger partial charge in [0.1, 0.15) is 0 Å². The molecule has 1 aromatic heterocycles. The van der Waals surface area contributed by atoms with E-state index >= 15 is 0 Å². The van der Waals surface area contributed by atoms with Crippen molar-refractivity contribution in [1.29, 1.82) is 0 Å². The van der Waals surface area contributed by atoms with Gasteiger partial charge in [0.15, 0.2) is 0 Å². The Balaban J connectivity index is 1.78. The summed E-state index contributed by atoms with van der Waals surface area (Å²) in [7, 11) is 0. The Morgan fingerprint density at radius 1 is 0.800 bits per heavy atom. The van der Waals surface area contributed by atoms with Gasteiger partial charge in [-0.1, -0.05) is 78.1 Å². The summed E-state index contributed by atoms with van der Waals surface area (Å²) >= 11 is 0. The molecule has 0 aliphatic carbocycles. The molecule has 0 spiro atoms. The van der Waals surface area contributed by atoms with Crippen LogP contribution >= 0.6 is 0 Å². The molecule has 0 aromatic carbocycles. The van der Waals surface area contributed by atoms with E-state index in [2.05, 4.69) is 24.5 Å². The Labute approximate surface area is 156 Å². The van der Waals surface area contributed by atoms with Crippen LogP contribution in [-0.4, -0.2) is 11.2 Å². The van der Waals surface area contributed by atoms with Gasteiger partial charge in [0.25, 0.3) is 0 Å². The molecule has 144 valence electrons. The molecular formula is C23H41NO. The minimum absolute atomic E-state index is 0.835. The van der Waals surface area contributed by atoms with Crippen LogP contribution in [0.5, 0.6) is 0 Å². The van der Waals surface area contributed by atoms with Crippen LogP contribution in [-0.2, 0) is 30.7 Å². The first kappa shape index (κ1) is 20.6. The number of unbranched alkanes of at least 4 members (excludes halogenated alkanes) is 10. The highest BCUT2D eigenvalue weighted by Gasteiger charge is 2.17. The molecule has 0 atom stereocenters. The first-order chi connectivity index (χ1) is 12.4. The van der Waals surface area contributed by atoms with E-state index in [4.69, 9.17) is 4.74 Å². The van der Waals surface area contributed by atoms with Crippen LogP contribution < -0.4 is 0 Å². The molecule has 2 rings (SSSR count). The zero-order chi connectivity index (χ0) is 17.7. The molecule has 0 bridgehead atoms. The summed E-state index contributed by atoms with van der Waals surface area (Å²) in [5, 5.41) is 0. The lowest BCUT2D eigenvalue weighted by Crippen LogP contribution is -2.18. The van der Waals surface area contributed by atoms with Crippen molar-refractivity contribution >= 4 is 0 Å². The lowest BCUT2D eigenvalue weighted by molar-refractivity contribution is 0.0832. The first-order valence-corrected chi connectivity index (χ1v) is 11.1. The third-order valence-corrected chi connectivity index (χ3v) is 5.67. The predicted molar refractivity (Wildman–Crippen MR) is 108 cm³/mol. The van der Waals surface area contributed by atoms with Gasteiger partial charge in [-0.3, -0.25) is 0 Å². The van der Waals surface area contributed by atoms with Crippen LogP contribution in [0.25, 0.3) is 0 Å². The van der Waals surface area contributed by atoms with Crippen molar-refractivity contribution in [2.45, 2.75) is 117 Å². The SMILES string of the molecule is CCCCCCCCc1cc(CCCCCCCC)n2c1COCC2. The number of hydrogen-bond acceptors (Lipinski definition) is 1. The molecule has 2 nitrogen and oxygen atoms in total. The van der Waals surface area contributed by atoms with Crippen LogP contribution in [0.2, 0.25) is 0 Å². The van der Waals surface area contributed by atoms with Gasteiger partial charge in [-0.2, -0.15) is 0 Å². The topological polar surface area (TPSA) is 14.2 Å². The monoisotopic (exact) mass is 347 g/mol. The number of aryl methyl sites for hydroxylation is 2. The van der Waals surface area contributed by atoms with Gasteiger partial charge in [-0.25, -0.2) is 0 Å². The van der Waals surface area contributed by atoms with E-state index in [9.17, 15) is 0 Å². The van der Waals surface area contributed by atoms with Crippen LogP contribution in [0.15, 0.2) is 6.07 Å². The van der Waals surface area contributed by atoms with Crippen molar-refractivity contribution in [2.24, 2.45) is 0 Å². The molecule has 1 aliphatic rings. The lowest BCUT2D eigenvalue weighted by Gasteiger charge is -2.19. The maximum atomic E-state index is 5.76. The number of aromatic nitrogens is 1. The molecule has 0 radical (unpaired) electrons. The van der Waals surface area contributed by atoms with Crippen molar-refractivity contribution in [3.05, 3.63) is 23.0 Å². The summed E-state index contributed by atoms with van der Waals surface area (Å²) in [5.41, 5.74) is 4.65. The Hall–Kier alpha value is -0.760. The molecule has 0 N–H and O–H groups in total. The number of fused-ring (bicyclic) bond motifs is 1. The number of ether oxygens (including phenoxy) is 1. The van der Waals surface area contributed by atoms with Crippen molar-refractivity contribution in [3.8, 4) is 0 Å². The smallest absolute Gasteiger partial charge is 0.0871 e. The average Bonchev–Trinajstić information content (AvgIpc) is 2.99. The summed E-state index contributed by atoms with van der Waals surface area (Å²) < 4.78 is 8.34. The number of hydrogen-bond donors (Lipinski definition) is 0. The summed E-state index contributed by atoms with van der Waals surface area (Å²) in [6.07, 6.45) is 19.1. The Morgan fingerprint density at radius 3 is 2.08 bits per heavy atom. The van der Waals surface area contributed by atoms with E-state index < -0.39 is 0 Å². The van der Waals surface area contributed by atoms with Crippen molar-refractivity contribution in [3.63, 3.8) is 0 Å². The normalized spacial score (nSPS) is 14.0.